The van der Waals surface area contributed by atoms with E-state index in [4.69, 9.17) is 32.3 Å². The number of esters is 3. The van der Waals surface area contributed by atoms with Crippen LogP contribution in [0.1, 0.15) is 316 Å². The number of unbranched alkanes of at least 4 members (excludes halogenated alkanes) is 26. The minimum absolute atomic E-state index is 0.0815. The molecule has 0 aromatic carbocycles. The van der Waals surface area contributed by atoms with Crippen molar-refractivity contribution in [3.8, 4) is 0 Å². The maximum atomic E-state index is 13.0. The van der Waals surface area contributed by atoms with Gasteiger partial charge in [-0.2, -0.15) is 0 Å². The fourth-order valence-electron chi connectivity index (χ4n) is 10.7. The molecule has 0 aliphatic rings. The second-order valence-electron chi connectivity index (χ2n) is 27.2. The third kappa shape index (κ3) is 81.7. The van der Waals surface area contributed by atoms with Crippen molar-refractivity contribution in [3.63, 3.8) is 0 Å². The van der Waals surface area contributed by atoms with E-state index >= 15 is 0 Å². The maximum absolute atomic E-state index is 13.0. The Labute approximate surface area is 650 Å². The lowest BCUT2D eigenvalue weighted by molar-refractivity contribution is -0.161. The van der Waals surface area contributed by atoms with Crippen LogP contribution in [0.25, 0.3) is 0 Å². The van der Waals surface area contributed by atoms with Crippen LogP contribution in [0.5, 0.6) is 0 Å². The van der Waals surface area contributed by atoms with Crippen LogP contribution >= 0.6 is 15.6 Å². The number of hydrogen-bond donors (Lipinski definition) is 4. The number of phosphoric acid groups is 2. The highest BCUT2D eigenvalue weighted by molar-refractivity contribution is 7.47. The van der Waals surface area contributed by atoms with Gasteiger partial charge in [-0.05, 0) is 154 Å². The van der Waals surface area contributed by atoms with Gasteiger partial charge in [-0.25, -0.2) is 9.13 Å². The SMILES string of the molecule is CC/C=C\C/C=C\C/C=C\C/C=C\C/C=C\C/C=C\CCCCCCCCCCC(=O)OCC(O)COP(=O)(O)OCC(O)COP(=O)(O)OCC(COC(=O)CCCCCCCCCCC/C=C\C/C=C\C/C=C\C/C=C\CCCCC)OC(=O)CCCCCCCC/C=C\C/C=C\C/C=C\C/C=C\CC. The molecule has 0 amide bonds. The highest BCUT2D eigenvalue weighted by Crippen LogP contribution is 2.45. The van der Waals surface area contributed by atoms with Gasteiger partial charge in [0.25, 0.3) is 0 Å². The van der Waals surface area contributed by atoms with Gasteiger partial charge in [-0.1, -0.05) is 313 Å². The number of allylic oxidation sites excluding steroid dienone is 28. The summed E-state index contributed by atoms with van der Waals surface area (Å²) >= 11 is 0. The molecule has 4 N–H and O–H groups in total. The minimum Gasteiger partial charge on any atom is -0.463 e. The Morgan fingerprint density at radius 2 is 0.495 bits per heavy atom. The van der Waals surface area contributed by atoms with Crippen molar-refractivity contribution in [1.29, 1.82) is 0 Å². The van der Waals surface area contributed by atoms with Gasteiger partial charge in [-0.15, -0.1) is 0 Å². The molecule has 0 saturated heterocycles. The molecule has 0 bridgehead atoms. The molecule has 0 aromatic rings. The number of ether oxygens (including phenoxy) is 3. The Bertz CT molecular complexity index is 2620. The van der Waals surface area contributed by atoms with Gasteiger partial charge in [-0.3, -0.25) is 32.5 Å². The Morgan fingerprint density at radius 1 is 0.271 bits per heavy atom. The van der Waals surface area contributed by atoms with E-state index in [1.54, 1.807) is 0 Å². The summed E-state index contributed by atoms with van der Waals surface area (Å²) in [4.78, 5) is 58.8. The zero-order chi connectivity index (χ0) is 78.0. The summed E-state index contributed by atoms with van der Waals surface area (Å²) in [6, 6.07) is 0. The van der Waals surface area contributed by atoms with Crippen LogP contribution in [0.3, 0.4) is 0 Å². The van der Waals surface area contributed by atoms with E-state index < -0.39 is 91.5 Å². The predicted molar refractivity (Wildman–Crippen MR) is 445 cm³/mol. The summed E-state index contributed by atoms with van der Waals surface area (Å²) < 4.78 is 61.3. The molecule has 0 fully saturated rings. The number of carbonyl (C=O) groups is 3. The first-order chi connectivity index (χ1) is 52.2. The normalized spacial score (nSPS) is 14.8. The van der Waals surface area contributed by atoms with Crippen molar-refractivity contribution in [2.75, 3.05) is 39.6 Å². The fourth-order valence-corrected chi connectivity index (χ4v) is 12.3. The maximum Gasteiger partial charge on any atom is 0.472 e. The molecule has 18 heteroatoms. The lowest BCUT2D eigenvalue weighted by Gasteiger charge is -2.21. The molecule has 0 spiro atoms. The van der Waals surface area contributed by atoms with E-state index in [1.165, 1.54) is 70.6 Å². The zero-order valence-corrected chi connectivity index (χ0v) is 68.5. The first kappa shape index (κ1) is 102. The van der Waals surface area contributed by atoms with Crippen molar-refractivity contribution >= 4 is 33.6 Å². The first-order valence-corrected chi connectivity index (χ1v) is 44.4. The smallest absolute Gasteiger partial charge is 0.463 e. The van der Waals surface area contributed by atoms with Gasteiger partial charge < -0.3 is 34.2 Å². The molecule has 5 atom stereocenters. The number of carbonyl (C=O) groups excluding carboxylic acids is 3. The second-order valence-corrected chi connectivity index (χ2v) is 30.1. The van der Waals surface area contributed by atoms with E-state index in [0.29, 0.717) is 19.3 Å². The van der Waals surface area contributed by atoms with Crippen molar-refractivity contribution in [1.82, 2.24) is 0 Å². The Morgan fingerprint density at radius 3 is 0.785 bits per heavy atom. The van der Waals surface area contributed by atoms with Crippen LogP contribution in [-0.2, 0) is 55.8 Å². The summed E-state index contributed by atoms with van der Waals surface area (Å²) in [6.07, 6.45) is 102. The molecule has 5 unspecified atom stereocenters. The fraction of sp³-hybridized carbons (Fsp3) is 0.652. The van der Waals surface area contributed by atoms with Crippen LogP contribution in [0, 0.1) is 0 Å². The van der Waals surface area contributed by atoms with Crippen LogP contribution in [0.4, 0.5) is 0 Å². The average molecular weight is 1540 g/mol. The molecule has 0 rings (SSSR count). The predicted octanol–water partition coefficient (Wildman–Crippen LogP) is 24.8. The van der Waals surface area contributed by atoms with Crippen LogP contribution < -0.4 is 0 Å². The number of aliphatic hydroxyl groups excluding tert-OH is 2. The van der Waals surface area contributed by atoms with Gasteiger partial charge in [0.15, 0.2) is 6.10 Å². The van der Waals surface area contributed by atoms with Crippen molar-refractivity contribution < 1.29 is 75.8 Å². The number of aliphatic hydroxyl groups is 2. The summed E-state index contributed by atoms with van der Waals surface area (Å²) in [6.45, 7) is 2.40. The molecule has 107 heavy (non-hydrogen) atoms. The lowest BCUT2D eigenvalue weighted by Crippen LogP contribution is -2.30. The quantitative estimate of drug-likeness (QED) is 0.0146. The first-order valence-electron chi connectivity index (χ1n) is 41.4. The number of phosphoric ester groups is 2. The Hall–Kier alpha value is -5.09. The summed E-state index contributed by atoms with van der Waals surface area (Å²) in [5.41, 5.74) is 0. The standard InChI is InChI=1S/C89H148O16P2/c1-4-7-10-13-16-19-22-25-28-31-34-36-38-40-41-43-45-46-49-51-54-57-60-63-66-69-72-75-87(92)99-78-84(90)79-101-106(95,96)102-80-85(91)81-103-107(97,98)104-83-86(105-89(94)77-74-71-68-65-62-59-56-53-48-33-30-27-24-21-18-15-12-9-6-3)82-100-88(93)76-73-70-67-64-61-58-55-52-50-47-44-42-39-37-35-32-29-26-23-20-17-14-11-8-5-2/h7,9-10,12,16-21,25-30,34-37,40-42,44-46,48,53,84-86,90-91H,4-6,8,11,13-15,22-24,31-33,38-39,43,47,49-52,54-83H2,1-3H3,(H,95,96)(H,97,98)/b10-7-,12-9-,19-16-,20-17-,21-18-,28-25-,29-26-,30-27-,36-34-,37-35-,41-40-,44-42-,46-45-,53-48-. The highest BCUT2D eigenvalue weighted by atomic mass is 31.2. The topological polar surface area (TPSA) is 231 Å². The third-order valence-corrected chi connectivity index (χ3v) is 18.8. The molecule has 0 aliphatic heterocycles. The van der Waals surface area contributed by atoms with Crippen molar-refractivity contribution in [2.45, 2.75) is 334 Å². The lowest BCUT2D eigenvalue weighted by atomic mass is 10.1. The van der Waals surface area contributed by atoms with E-state index in [2.05, 4.69) is 191 Å². The Kier molecular flexibility index (Phi) is 76.6. The molecule has 0 heterocycles. The van der Waals surface area contributed by atoms with Gasteiger partial charge in [0.05, 0.1) is 26.4 Å². The monoisotopic (exact) mass is 1540 g/mol. The van der Waals surface area contributed by atoms with E-state index in [-0.39, 0.29) is 19.3 Å². The molecular weight excluding hydrogens is 1390 g/mol. The second kappa shape index (κ2) is 80.4. The van der Waals surface area contributed by atoms with Crippen LogP contribution in [-0.4, -0.2) is 95.9 Å². The minimum atomic E-state index is -4.95. The molecular formula is C89H148O16P2. The van der Waals surface area contributed by atoms with Crippen LogP contribution in [0.2, 0.25) is 0 Å². The molecule has 0 radical (unpaired) electrons. The van der Waals surface area contributed by atoms with Gasteiger partial charge in [0.1, 0.15) is 25.4 Å². The largest absolute Gasteiger partial charge is 0.472 e. The highest BCUT2D eigenvalue weighted by Gasteiger charge is 2.29. The van der Waals surface area contributed by atoms with E-state index in [1.807, 2.05) is 0 Å². The zero-order valence-electron chi connectivity index (χ0n) is 66.7. The summed E-state index contributed by atoms with van der Waals surface area (Å²) in [5.74, 6) is -1.61. The van der Waals surface area contributed by atoms with Gasteiger partial charge in [0.2, 0.25) is 0 Å². The third-order valence-electron chi connectivity index (χ3n) is 16.9. The molecule has 610 valence electrons. The number of rotatable bonds is 77. The molecule has 0 saturated carbocycles. The molecule has 0 aromatic heterocycles. The molecule has 0 aliphatic carbocycles. The summed E-state index contributed by atoms with van der Waals surface area (Å²) in [7, 11) is -9.82. The average Bonchev–Trinajstić information content (AvgIpc) is 0.903. The van der Waals surface area contributed by atoms with E-state index in [0.717, 1.165) is 186 Å². The van der Waals surface area contributed by atoms with Crippen molar-refractivity contribution in [2.24, 2.45) is 0 Å². The van der Waals surface area contributed by atoms with Crippen LogP contribution in [0.15, 0.2) is 170 Å². The van der Waals surface area contributed by atoms with Gasteiger partial charge in [0, 0.05) is 19.3 Å². The van der Waals surface area contributed by atoms with Crippen molar-refractivity contribution in [3.05, 3.63) is 170 Å². The van der Waals surface area contributed by atoms with Gasteiger partial charge >= 0.3 is 33.6 Å². The summed E-state index contributed by atoms with van der Waals surface area (Å²) in [5, 5.41) is 20.7. The van der Waals surface area contributed by atoms with E-state index in [9.17, 15) is 43.5 Å². The number of hydrogen-bond acceptors (Lipinski definition) is 14. The molecule has 16 nitrogen and oxygen atoms in total. The Balaban J connectivity index is 4.67.